The van der Waals surface area contributed by atoms with Gasteiger partial charge in [0.05, 0.1) is 29.1 Å². The van der Waals surface area contributed by atoms with Crippen LogP contribution in [-0.4, -0.2) is 27.9 Å². The lowest BCUT2D eigenvalue weighted by Gasteiger charge is -2.29. The lowest BCUT2D eigenvalue weighted by atomic mass is 9.90. The van der Waals surface area contributed by atoms with E-state index in [4.69, 9.17) is 0 Å². The van der Waals surface area contributed by atoms with Crippen LogP contribution in [0.2, 0.25) is 0 Å². The van der Waals surface area contributed by atoms with Crippen molar-refractivity contribution in [1.82, 2.24) is 4.98 Å². The molecular formula is C20H22F4N2O. The first-order valence-corrected chi connectivity index (χ1v) is 8.49. The Morgan fingerprint density at radius 2 is 1.63 bits per heavy atom. The lowest BCUT2D eigenvalue weighted by molar-refractivity contribution is -0.137. The number of benzene rings is 1. The van der Waals surface area contributed by atoms with E-state index in [1.165, 1.54) is 30.5 Å². The number of hydrogen-bond acceptors (Lipinski definition) is 3. The van der Waals surface area contributed by atoms with Gasteiger partial charge in [-0.1, -0.05) is 26.0 Å². The van der Waals surface area contributed by atoms with Gasteiger partial charge in [-0.3, -0.25) is 4.99 Å². The van der Waals surface area contributed by atoms with Crippen molar-refractivity contribution in [2.75, 3.05) is 0 Å². The summed E-state index contributed by atoms with van der Waals surface area (Å²) in [5.74, 6) is -0.588. The number of pyridine rings is 1. The smallest absolute Gasteiger partial charge is 0.388 e. The van der Waals surface area contributed by atoms with Gasteiger partial charge in [0.1, 0.15) is 11.5 Å². The minimum atomic E-state index is -4.42. The van der Waals surface area contributed by atoms with Gasteiger partial charge in [0.25, 0.3) is 0 Å². The number of hydrogen-bond donors (Lipinski definition) is 1. The van der Waals surface area contributed by atoms with Crippen molar-refractivity contribution in [2.45, 2.75) is 45.5 Å². The largest absolute Gasteiger partial charge is 0.416 e. The summed E-state index contributed by atoms with van der Waals surface area (Å²) in [6.07, 6.45) is -3.17. The molecule has 2 rings (SSSR count). The normalized spacial score (nSPS) is 14.1. The first-order valence-electron chi connectivity index (χ1n) is 8.49. The Kier molecular flexibility index (Phi) is 6.04. The molecule has 0 amide bonds. The first kappa shape index (κ1) is 21.0. The van der Waals surface area contributed by atoms with Crippen LogP contribution in [0.1, 0.15) is 39.0 Å². The molecule has 1 unspecified atom stereocenters. The fraction of sp³-hybridized carbons (Fsp3) is 0.400. The van der Waals surface area contributed by atoms with Crippen LogP contribution in [0, 0.1) is 11.7 Å². The van der Waals surface area contributed by atoms with Crippen LogP contribution >= 0.6 is 0 Å². The topological polar surface area (TPSA) is 45.5 Å². The molecule has 0 saturated carbocycles. The molecule has 0 saturated heterocycles. The summed E-state index contributed by atoms with van der Waals surface area (Å²) < 4.78 is 52.1. The first-order chi connectivity index (χ1) is 12.4. The maximum absolute atomic E-state index is 14.1. The molecule has 27 heavy (non-hydrogen) atoms. The highest BCUT2D eigenvalue weighted by molar-refractivity contribution is 5.79. The minimum absolute atomic E-state index is 0.0161. The van der Waals surface area contributed by atoms with E-state index >= 15 is 0 Å². The van der Waals surface area contributed by atoms with Crippen molar-refractivity contribution < 1.29 is 22.7 Å². The van der Waals surface area contributed by atoms with Gasteiger partial charge in [0.15, 0.2) is 0 Å². The van der Waals surface area contributed by atoms with Crippen LogP contribution in [0.25, 0.3) is 11.3 Å². The number of aromatic nitrogens is 1. The lowest BCUT2D eigenvalue weighted by Crippen LogP contribution is -2.38. The van der Waals surface area contributed by atoms with Crippen molar-refractivity contribution in [2.24, 2.45) is 10.9 Å². The van der Waals surface area contributed by atoms with E-state index in [2.05, 4.69) is 9.98 Å². The van der Waals surface area contributed by atoms with Crippen molar-refractivity contribution in [3.05, 3.63) is 53.5 Å². The molecule has 7 heteroatoms. The van der Waals surface area contributed by atoms with Crippen molar-refractivity contribution in [3.63, 3.8) is 0 Å². The van der Waals surface area contributed by atoms with Crippen LogP contribution < -0.4 is 0 Å². The molecule has 2 aromatic rings. The van der Waals surface area contributed by atoms with Crippen molar-refractivity contribution in [3.8, 4) is 11.3 Å². The molecule has 0 bridgehead atoms. The highest BCUT2D eigenvalue weighted by Crippen LogP contribution is 2.30. The van der Waals surface area contributed by atoms with E-state index < -0.39 is 29.2 Å². The molecule has 0 aliphatic rings. The third kappa shape index (κ3) is 5.35. The zero-order valence-electron chi connectivity index (χ0n) is 15.5. The van der Waals surface area contributed by atoms with E-state index in [1.807, 2.05) is 13.8 Å². The Morgan fingerprint density at radius 1 is 1.04 bits per heavy atom. The Hall–Kier alpha value is -2.28. The standard InChI is InChI=1S/C20H22F4N2O/c1-12(2)18(19(3,4)27)25-11-17-15(21)9-10-16(26-17)13-5-7-14(8-6-13)20(22,23)24/h5-12,18,27H,1-4H3. The fourth-order valence-corrected chi connectivity index (χ4v) is 2.86. The summed E-state index contributed by atoms with van der Waals surface area (Å²) in [6.45, 7) is 7.03. The fourth-order valence-electron chi connectivity index (χ4n) is 2.86. The average molecular weight is 382 g/mol. The molecule has 3 nitrogen and oxygen atoms in total. The molecule has 0 radical (unpaired) electrons. The van der Waals surface area contributed by atoms with E-state index in [9.17, 15) is 22.7 Å². The van der Waals surface area contributed by atoms with Crippen LogP contribution in [0.3, 0.4) is 0 Å². The number of aliphatic hydroxyl groups is 1. The Morgan fingerprint density at radius 3 is 2.11 bits per heavy atom. The number of rotatable bonds is 5. The number of alkyl halides is 3. The number of halogens is 4. The van der Waals surface area contributed by atoms with Gasteiger partial charge in [0.2, 0.25) is 0 Å². The molecule has 1 aromatic heterocycles. The summed E-state index contributed by atoms with van der Waals surface area (Å²) >= 11 is 0. The van der Waals surface area contributed by atoms with E-state index in [0.29, 0.717) is 11.3 Å². The number of nitrogens with zero attached hydrogens (tertiary/aromatic N) is 2. The Balaban J connectivity index is 2.35. The van der Waals surface area contributed by atoms with Crippen molar-refractivity contribution in [1.29, 1.82) is 0 Å². The summed E-state index contributed by atoms with van der Waals surface area (Å²) in [5, 5.41) is 10.2. The zero-order valence-corrected chi connectivity index (χ0v) is 15.5. The quantitative estimate of drug-likeness (QED) is 0.576. The van der Waals surface area contributed by atoms with Gasteiger partial charge in [-0.25, -0.2) is 9.37 Å². The molecule has 1 aromatic carbocycles. The van der Waals surface area contributed by atoms with Gasteiger partial charge >= 0.3 is 6.18 Å². The molecule has 146 valence electrons. The highest BCUT2D eigenvalue weighted by Gasteiger charge is 2.30. The van der Waals surface area contributed by atoms with Gasteiger partial charge in [0, 0.05) is 5.56 Å². The summed E-state index contributed by atoms with van der Waals surface area (Å²) in [5.41, 5.74) is -1.13. The summed E-state index contributed by atoms with van der Waals surface area (Å²) in [7, 11) is 0. The van der Waals surface area contributed by atoms with Crippen molar-refractivity contribution >= 4 is 6.21 Å². The molecular weight excluding hydrogens is 360 g/mol. The summed E-state index contributed by atoms with van der Waals surface area (Å²) in [4.78, 5) is 8.44. The number of aliphatic imine (C=N–C) groups is 1. The molecule has 1 heterocycles. The summed E-state index contributed by atoms with van der Waals surface area (Å²) in [6, 6.07) is 6.61. The Labute approximate surface area is 155 Å². The van der Waals surface area contributed by atoms with E-state index in [-0.39, 0.29) is 11.6 Å². The maximum atomic E-state index is 14.1. The van der Waals surface area contributed by atoms with Crippen LogP contribution in [0.15, 0.2) is 41.4 Å². The predicted octanol–water partition coefficient (Wildman–Crippen LogP) is 5.12. The van der Waals surface area contributed by atoms with Crippen LogP contribution in [0.4, 0.5) is 17.6 Å². The Bertz CT molecular complexity index is 806. The SMILES string of the molecule is CC(C)C(N=Cc1nc(-c2ccc(C(F)(F)F)cc2)ccc1F)C(C)(C)O. The van der Waals surface area contributed by atoms with Crippen LogP contribution in [-0.2, 0) is 6.18 Å². The van der Waals surface area contributed by atoms with E-state index in [0.717, 1.165) is 12.1 Å². The maximum Gasteiger partial charge on any atom is 0.416 e. The second-order valence-corrected chi connectivity index (χ2v) is 7.26. The van der Waals surface area contributed by atoms with Gasteiger partial charge < -0.3 is 5.11 Å². The van der Waals surface area contributed by atoms with Gasteiger partial charge in [-0.15, -0.1) is 0 Å². The zero-order chi connectivity index (χ0) is 20.4. The van der Waals surface area contributed by atoms with Gasteiger partial charge in [-0.05, 0) is 44.0 Å². The molecule has 1 atom stereocenters. The predicted molar refractivity (Wildman–Crippen MR) is 97.2 cm³/mol. The molecule has 0 spiro atoms. The molecule has 1 N–H and O–H groups in total. The second kappa shape index (κ2) is 7.76. The molecule has 0 aliphatic carbocycles. The minimum Gasteiger partial charge on any atom is -0.388 e. The monoisotopic (exact) mass is 382 g/mol. The molecule has 0 aliphatic heterocycles. The second-order valence-electron chi connectivity index (χ2n) is 7.26. The third-order valence-electron chi connectivity index (χ3n) is 4.09. The van der Waals surface area contributed by atoms with Gasteiger partial charge in [-0.2, -0.15) is 13.2 Å². The van der Waals surface area contributed by atoms with E-state index in [1.54, 1.807) is 13.8 Å². The van der Waals surface area contributed by atoms with Crippen LogP contribution in [0.5, 0.6) is 0 Å². The highest BCUT2D eigenvalue weighted by atomic mass is 19.4. The molecule has 0 fully saturated rings. The average Bonchev–Trinajstić information content (AvgIpc) is 2.54. The third-order valence-corrected chi connectivity index (χ3v) is 4.09.